The van der Waals surface area contributed by atoms with Crippen LogP contribution in [0.25, 0.3) is 82.7 Å². The fourth-order valence-corrected chi connectivity index (χ4v) is 7.59. The highest BCUT2D eigenvalue weighted by Gasteiger charge is 2.19. The van der Waals surface area contributed by atoms with Crippen molar-refractivity contribution in [1.29, 1.82) is 0 Å². The van der Waals surface area contributed by atoms with E-state index in [0.717, 1.165) is 17.1 Å². The topological polar surface area (TPSA) is 14.8 Å². The van der Waals surface area contributed by atoms with Crippen LogP contribution in [0.3, 0.4) is 0 Å². The van der Waals surface area contributed by atoms with Crippen LogP contribution in [-0.4, -0.2) is 13.7 Å². The van der Waals surface area contributed by atoms with E-state index in [2.05, 4.69) is 190 Å². The number of aromatic nitrogens is 3. The summed E-state index contributed by atoms with van der Waals surface area (Å²) in [5.74, 6) is 0. The molecule has 3 aromatic heterocycles. The summed E-state index contributed by atoms with van der Waals surface area (Å²) in [6.07, 6.45) is 2.19. The molecule has 0 fully saturated rings. The Morgan fingerprint density at radius 1 is 0.340 bits per heavy atom. The molecule has 3 heteroatoms. The summed E-state index contributed by atoms with van der Waals surface area (Å²) in [5, 5.41) is 6.26. The molecule has 0 radical (unpaired) electrons. The Morgan fingerprint density at radius 3 is 1.74 bits per heavy atom. The van der Waals surface area contributed by atoms with Crippen LogP contribution in [0.1, 0.15) is 0 Å². The molecule has 3 heterocycles. The summed E-state index contributed by atoms with van der Waals surface area (Å²) in [4.78, 5) is 0. The number of hydrogen-bond donors (Lipinski definition) is 0. The van der Waals surface area contributed by atoms with Gasteiger partial charge in [-0.05, 0) is 71.8 Å². The van der Waals surface area contributed by atoms with Crippen molar-refractivity contribution in [1.82, 2.24) is 13.7 Å². The molecule has 220 valence electrons. The highest BCUT2D eigenvalue weighted by molar-refractivity contribution is 6.21. The van der Waals surface area contributed by atoms with Crippen LogP contribution in [0.5, 0.6) is 0 Å². The Morgan fingerprint density at radius 2 is 0.957 bits per heavy atom. The van der Waals surface area contributed by atoms with Crippen molar-refractivity contribution in [2.45, 2.75) is 0 Å². The molecule has 3 nitrogen and oxygen atoms in total. The molecule has 47 heavy (non-hydrogen) atoms. The van der Waals surface area contributed by atoms with Crippen molar-refractivity contribution in [2.75, 3.05) is 0 Å². The Labute approximate surface area is 271 Å². The molecule has 0 saturated heterocycles. The van der Waals surface area contributed by atoms with Gasteiger partial charge in [0.05, 0.1) is 27.6 Å². The van der Waals surface area contributed by atoms with Crippen molar-refractivity contribution in [3.8, 4) is 28.2 Å². The van der Waals surface area contributed by atoms with Crippen LogP contribution in [0, 0.1) is 0 Å². The normalized spacial score (nSPS) is 11.8. The average molecular weight is 600 g/mol. The van der Waals surface area contributed by atoms with Gasteiger partial charge in [-0.1, -0.05) is 109 Å². The smallest absolute Gasteiger partial charge is 0.0628 e. The largest absolute Gasteiger partial charge is 0.316 e. The van der Waals surface area contributed by atoms with Crippen LogP contribution in [0.4, 0.5) is 0 Å². The van der Waals surface area contributed by atoms with E-state index in [-0.39, 0.29) is 0 Å². The fourth-order valence-electron chi connectivity index (χ4n) is 7.59. The predicted molar refractivity (Wildman–Crippen MR) is 197 cm³/mol. The van der Waals surface area contributed by atoms with E-state index in [1.54, 1.807) is 0 Å². The molecule has 10 rings (SSSR count). The van der Waals surface area contributed by atoms with Crippen LogP contribution < -0.4 is 0 Å². The number of nitrogens with zero attached hydrogens (tertiary/aromatic N) is 3. The Bertz CT molecular complexity index is 2780. The second-order valence-electron chi connectivity index (χ2n) is 12.2. The van der Waals surface area contributed by atoms with Gasteiger partial charge in [-0.25, -0.2) is 0 Å². The third kappa shape index (κ3) is 3.87. The van der Waals surface area contributed by atoms with Crippen molar-refractivity contribution >= 4 is 54.5 Å². The molecular weight excluding hydrogens is 571 g/mol. The van der Waals surface area contributed by atoms with Gasteiger partial charge in [0.2, 0.25) is 0 Å². The van der Waals surface area contributed by atoms with Gasteiger partial charge in [0.15, 0.2) is 0 Å². The lowest BCUT2D eigenvalue weighted by molar-refractivity contribution is 1.13. The molecule has 10 aromatic rings. The van der Waals surface area contributed by atoms with Gasteiger partial charge >= 0.3 is 0 Å². The third-order valence-corrected chi connectivity index (χ3v) is 9.65. The van der Waals surface area contributed by atoms with Crippen molar-refractivity contribution < 1.29 is 0 Å². The molecule has 0 saturated carbocycles. The molecule has 0 N–H and O–H groups in total. The zero-order valence-electron chi connectivity index (χ0n) is 25.6. The summed E-state index contributed by atoms with van der Waals surface area (Å²) in [7, 11) is 0. The SMILES string of the molecule is c1ccc(-c2ccc3c4ccccc4n(-c4cccc(-n5c6ccccc6c6c7c(ccc65)ccn7-c5ccccc5)c4)c3c2)cc1. The van der Waals surface area contributed by atoms with Crippen molar-refractivity contribution in [2.24, 2.45) is 0 Å². The van der Waals surface area contributed by atoms with Crippen LogP contribution >= 0.6 is 0 Å². The third-order valence-electron chi connectivity index (χ3n) is 9.65. The molecule has 0 unspecified atom stereocenters. The molecule has 7 aromatic carbocycles. The van der Waals surface area contributed by atoms with Crippen LogP contribution in [0.2, 0.25) is 0 Å². The van der Waals surface area contributed by atoms with E-state index >= 15 is 0 Å². The van der Waals surface area contributed by atoms with Crippen molar-refractivity contribution in [3.63, 3.8) is 0 Å². The Balaban J connectivity index is 1.24. The Hall–Kier alpha value is -6.32. The molecule has 0 bridgehead atoms. The monoisotopic (exact) mass is 599 g/mol. The summed E-state index contributed by atoms with van der Waals surface area (Å²) >= 11 is 0. The minimum atomic E-state index is 1.14. The van der Waals surface area contributed by atoms with Crippen LogP contribution in [-0.2, 0) is 0 Å². The maximum Gasteiger partial charge on any atom is 0.0628 e. The number of benzene rings is 7. The standard InChI is InChI=1S/C44H29N3/c1-3-12-30(13-4-1)32-22-24-37-36-18-7-9-20-39(36)47(42(37)28-32)35-17-11-16-34(29-35)46-40-21-10-8-19-38(40)43-41(46)25-23-31-26-27-45(44(31)43)33-14-5-2-6-15-33/h1-29H. The zero-order chi connectivity index (χ0) is 30.9. The van der Waals surface area contributed by atoms with Gasteiger partial charge in [0.1, 0.15) is 0 Å². The lowest BCUT2D eigenvalue weighted by atomic mass is 10.0. The molecule has 0 atom stereocenters. The first-order valence-corrected chi connectivity index (χ1v) is 16.1. The highest BCUT2D eigenvalue weighted by Crippen LogP contribution is 2.39. The molecule has 0 amide bonds. The van der Waals surface area contributed by atoms with Gasteiger partial charge in [-0.15, -0.1) is 0 Å². The quantitative estimate of drug-likeness (QED) is 0.191. The molecule has 0 aliphatic rings. The lowest BCUT2D eigenvalue weighted by Crippen LogP contribution is -1.98. The van der Waals surface area contributed by atoms with Gasteiger partial charge in [0.25, 0.3) is 0 Å². The number of rotatable bonds is 4. The molecular formula is C44H29N3. The van der Waals surface area contributed by atoms with Gasteiger partial charge in [0, 0.05) is 50.2 Å². The minimum absolute atomic E-state index is 1.14. The first-order valence-electron chi connectivity index (χ1n) is 16.1. The van der Waals surface area contributed by atoms with Gasteiger partial charge in [-0.2, -0.15) is 0 Å². The minimum Gasteiger partial charge on any atom is -0.316 e. The Kier molecular flexibility index (Phi) is 5.57. The van der Waals surface area contributed by atoms with E-state index in [9.17, 15) is 0 Å². The summed E-state index contributed by atoms with van der Waals surface area (Å²) < 4.78 is 7.18. The van der Waals surface area contributed by atoms with E-state index in [0.29, 0.717) is 0 Å². The number of hydrogen-bond acceptors (Lipinski definition) is 0. The van der Waals surface area contributed by atoms with Crippen molar-refractivity contribution in [3.05, 3.63) is 176 Å². The summed E-state index contributed by atoms with van der Waals surface area (Å²) in [6.45, 7) is 0. The molecule has 0 aliphatic carbocycles. The highest BCUT2D eigenvalue weighted by atomic mass is 15.0. The lowest BCUT2D eigenvalue weighted by Gasteiger charge is -2.13. The maximum absolute atomic E-state index is 2.43. The predicted octanol–water partition coefficient (Wildman–Crippen LogP) is 11.5. The van der Waals surface area contributed by atoms with E-state index in [1.165, 1.54) is 65.6 Å². The maximum atomic E-state index is 2.43. The van der Waals surface area contributed by atoms with Gasteiger partial charge < -0.3 is 13.7 Å². The number of para-hydroxylation sites is 3. The second-order valence-corrected chi connectivity index (χ2v) is 12.2. The summed E-state index contributed by atoms with van der Waals surface area (Å²) in [6, 6.07) is 61.5. The first-order chi connectivity index (χ1) is 23.3. The van der Waals surface area contributed by atoms with E-state index in [4.69, 9.17) is 0 Å². The molecule has 0 aliphatic heterocycles. The van der Waals surface area contributed by atoms with Crippen LogP contribution in [0.15, 0.2) is 176 Å². The zero-order valence-corrected chi connectivity index (χ0v) is 25.6. The molecule has 0 spiro atoms. The van der Waals surface area contributed by atoms with Gasteiger partial charge in [-0.3, -0.25) is 0 Å². The number of fused-ring (bicyclic) bond motifs is 8. The first kappa shape index (κ1) is 26.0. The fraction of sp³-hybridized carbons (Fsp3) is 0. The van der Waals surface area contributed by atoms with E-state index in [1.807, 2.05) is 0 Å². The van der Waals surface area contributed by atoms with E-state index < -0.39 is 0 Å². The summed E-state index contributed by atoms with van der Waals surface area (Å²) in [5.41, 5.74) is 11.9. The second kappa shape index (κ2) is 10.1. The average Bonchev–Trinajstić information content (AvgIpc) is 3.82.